The van der Waals surface area contributed by atoms with Crippen LogP contribution in [0.4, 0.5) is 0 Å². The van der Waals surface area contributed by atoms with Gasteiger partial charge >= 0.3 is 0 Å². The normalized spacial score (nSPS) is 13.5. The molecule has 7 heteroatoms. The van der Waals surface area contributed by atoms with Gasteiger partial charge in [-0.3, -0.25) is 0 Å². The van der Waals surface area contributed by atoms with Gasteiger partial charge in [-0.2, -0.15) is 0 Å². The average molecular weight is 415 g/mol. The minimum absolute atomic E-state index is 0.0614. The van der Waals surface area contributed by atoms with E-state index in [0.29, 0.717) is 17.3 Å². The third-order valence-electron chi connectivity index (χ3n) is 2.65. The van der Waals surface area contributed by atoms with Crippen molar-refractivity contribution >= 4 is 41.9 Å². The number of benzene rings is 1. The lowest BCUT2D eigenvalue weighted by Crippen LogP contribution is -2.33. The standard InChI is InChI=1S/C12H17Br2NO3S/c1-8-6-11(14)12(7-10(8)13)19(17,18)15-9(2)4-3-5-16/h6-7,9,15-16H,3-5H2,1-2H3. The summed E-state index contributed by atoms with van der Waals surface area (Å²) < 4.78 is 28.4. The Morgan fingerprint density at radius 1 is 1.32 bits per heavy atom. The quantitative estimate of drug-likeness (QED) is 0.751. The van der Waals surface area contributed by atoms with E-state index in [1.165, 1.54) is 0 Å². The summed E-state index contributed by atoms with van der Waals surface area (Å²) in [5, 5.41) is 8.75. The van der Waals surface area contributed by atoms with Crippen LogP contribution < -0.4 is 4.72 Å². The fourth-order valence-corrected chi connectivity index (χ4v) is 4.57. The van der Waals surface area contributed by atoms with Crippen LogP contribution in [-0.2, 0) is 10.0 Å². The van der Waals surface area contributed by atoms with Gasteiger partial charge in [0.25, 0.3) is 0 Å². The molecule has 1 aromatic carbocycles. The molecule has 0 spiro atoms. The third-order valence-corrected chi connectivity index (χ3v) is 6.06. The first-order chi connectivity index (χ1) is 8.77. The smallest absolute Gasteiger partial charge is 0.241 e. The van der Waals surface area contributed by atoms with Crippen LogP contribution in [0.3, 0.4) is 0 Å². The van der Waals surface area contributed by atoms with E-state index in [-0.39, 0.29) is 17.5 Å². The van der Waals surface area contributed by atoms with Crippen molar-refractivity contribution in [2.24, 2.45) is 0 Å². The molecule has 0 fully saturated rings. The van der Waals surface area contributed by atoms with Crippen molar-refractivity contribution in [1.29, 1.82) is 0 Å². The molecule has 0 bridgehead atoms. The van der Waals surface area contributed by atoms with Crippen LogP contribution in [0.15, 0.2) is 26.0 Å². The first-order valence-electron chi connectivity index (χ1n) is 5.86. The van der Waals surface area contributed by atoms with Gasteiger partial charge in [0.05, 0.1) is 4.90 Å². The lowest BCUT2D eigenvalue weighted by molar-refractivity contribution is 0.279. The minimum Gasteiger partial charge on any atom is -0.396 e. The Morgan fingerprint density at radius 3 is 2.53 bits per heavy atom. The zero-order valence-electron chi connectivity index (χ0n) is 10.8. The molecule has 2 N–H and O–H groups in total. The number of halogens is 2. The molecule has 1 unspecified atom stereocenters. The van der Waals surface area contributed by atoms with E-state index in [9.17, 15) is 8.42 Å². The van der Waals surface area contributed by atoms with Crippen molar-refractivity contribution in [1.82, 2.24) is 4.72 Å². The maximum Gasteiger partial charge on any atom is 0.241 e. The second kappa shape index (κ2) is 7.17. The number of nitrogens with one attached hydrogen (secondary N) is 1. The number of aryl methyl sites for hydroxylation is 1. The largest absolute Gasteiger partial charge is 0.396 e. The molecule has 0 saturated carbocycles. The first kappa shape index (κ1) is 17.1. The zero-order chi connectivity index (χ0) is 14.6. The van der Waals surface area contributed by atoms with Crippen LogP contribution in [0.25, 0.3) is 0 Å². The Balaban J connectivity index is 2.98. The van der Waals surface area contributed by atoms with Crippen molar-refractivity contribution in [2.75, 3.05) is 6.61 Å². The second-order valence-electron chi connectivity index (χ2n) is 4.42. The van der Waals surface area contributed by atoms with Crippen molar-refractivity contribution < 1.29 is 13.5 Å². The molecule has 0 aliphatic heterocycles. The SMILES string of the molecule is Cc1cc(Br)c(S(=O)(=O)NC(C)CCCO)cc1Br. The highest BCUT2D eigenvalue weighted by molar-refractivity contribution is 9.11. The number of rotatable bonds is 6. The number of hydrogen-bond donors (Lipinski definition) is 2. The van der Waals surface area contributed by atoms with Crippen LogP contribution in [0, 0.1) is 6.92 Å². The molecule has 108 valence electrons. The van der Waals surface area contributed by atoms with Gasteiger partial charge < -0.3 is 5.11 Å². The van der Waals surface area contributed by atoms with Crippen molar-refractivity contribution in [2.45, 2.75) is 37.6 Å². The summed E-state index contributed by atoms with van der Waals surface area (Å²) in [4.78, 5) is 0.209. The van der Waals surface area contributed by atoms with Crippen molar-refractivity contribution in [3.05, 3.63) is 26.6 Å². The summed E-state index contributed by atoms with van der Waals surface area (Å²) in [5.74, 6) is 0. The first-order valence-corrected chi connectivity index (χ1v) is 8.93. The fourth-order valence-electron chi connectivity index (χ4n) is 1.62. The Morgan fingerprint density at radius 2 is 1.95 bits per heavy atom. The molecule has 0 aliphatic carbocycles. The molecule has 0 radical (unpaired) electrons. The van der Waals surface area contributed by atoms with Gasteiger partial charge in [0, 0.05) is 21.6 Å². The number of hydrogen-bond acceptors (Lipinski definition) is 3. The Bertz CT molecular complexity index is 546. The van der Waals surface area contributed by atoms with Gasteiger partial charge in [0.15, 0.2) is 0 Å². The second-order valence-corrected chi connectivity index (χ2v) is 7.81. The number of aliphatic hydroxyl groups excluding tert-OH is 1. The van der Waals surface area contributed by atoms with E-state index < -0.39 is 10.0 Å². The average Bonchev–Trinajstić information content (AvgIpc) is 2.30. The highest BCUT2D eigenvalue weighted by Gasteiger charge is 2.21. The Hall–Kier alpha value is 0.0500. The summed E-state index contributed by atoms with van der Waals surface area (Å²) in [6.45, 7) is 3.73. The molecule has 0 aromatic heterocycles. The van der Waals surface area contributed by atoms with Crippen LogP contribution in [-0.4, -0.2) is 26.2 Å². The van der Waals surface area contributed by atoms with Gasteiger partial charge in [0.1, 0.15) is 0 Å². The molecule has 0 heterocycles. The Kier molecular flexibility index (Phi) is 6.46. The van der Waals surface area contributed by atoms with E-state index >= 15 is 0 Å². The third kappa shape index (κ3) is 4.82. The van der Waals surface area contributed by atoms with Gasteiger partial charge in [-0.25, -0.2) is 13.1 Å². The molecule has 1 aromatic rings. The van der Waals surface area contributed by atoms with E-state index in [1.54, 1.807) is 19.1 Å². The molecule has 0 saturated heterocycles. The lowest BCUT2D eigenvalue weighted by Gasteiger charge is -2.15. The summed E-state index contributed by atoms with van der Waals surface area (Å²) >= 11 is 6.61. The topological polar surface area (TPSA) is 66.4 Å². The van der Waals surface area contributed by atoms with Crippen LogP contribution in [0.2, 0.25) is 0 Å². The van der Waals surface area contributed by atoms with E-state index in [2.05, 4.69) is 36.6 Å². The molecule has 19 heavy (non-hydrogen) atoms. The molecule has 1 atom stereocenters. The number of aliphatic hydroxyl groups is 1. The maximum absolute atomic E-state index is 12.3. The predicted molar refractivity (Wildman–Crippen MR) is 82.7 cm³/mol. The van der Waals surface area contributed by atoms with Crippen LogP contribution in [0.1, 0.15) is 25.3 Å². The monoisotopic (exact) mass is 413 g/mol. The molecule has 1 rings (SSSR count). The summed E-state index contributed by atoms with van der Waals surface area (Å²) in [6, 6.07) is 3.13. The van der Waals surface area contributed by atoms with Gasteiger partial charge in [-0.05, 0) is 60.3 Å². The predicted octanol–water partition coefficient (Wildman–Crippen LogP) is 2.96. The van der Waals surface area contributed by atoms with Crippen molar-refractivity contribution in [3.8, 4) is 0 Å². The molecule has 4 nitrogen and oxygen atoms in total. The number of sulfonamides is 1. The van der Waals surface area contributed by atoms with Crippen molar-refractivity contribution in [3.63, 3.8) is 0 Å². The van der Waals surface area contributed by atoms with E-state index in [4.69, 9.17) is 5.11 Å². The van der Waals surface area contributed by atoms with Gasteiger partial charge in [0.2, 0.25) is 10.0 Å². The van der Waals surface area contributed by atoms with E-state index in [0.717, 1.165) is 10.0 Å². The molecular weight excluding hydrogens is 398 g/mol. The fraction of sp³-hybridized carbons (Fsp3) is 0.500. The molecule has 0 aliphatic rings. The van der Waals surface area contributed by atoms with Gasteiger partial charge in [-0.15, -0.1) is 0 Å². The molecule has 0 amide bonds. The van der Waals surface area contributed by atoms with Crippen LogP contribution >= 0.6 is 31.9 Å². The zero-order valence-corrected chi connectivity index (χ0v) is 14.8. The highest BCUT2D eigenvalue weighted by atomic mass is 79.9. The highest BCUT2D eigenvalue weighted by Crippen LogP contribution is 2.28. The lowest BCUT2D eigenvalue weighted by atomic mass is 10.2. The summed E-state index contributed by atoms with van der Waals surface area (Å²) in [5.41, 5.74) is 0.958. The summed E-state index contributed by atoms with van der Waals surface area (Å²) in [7, 11) is -3.57. The van der Waals surface area contributed by atoms with Gasteiger partial charge in [-0.1, -0.05) is 15.9 Å². The summed E-state index contributed by atoms with van der Waals surface area (Å²) in [6.07, 6.45) is 1.17. The van der Waals surface area contributed by atoms with Crippen LogP contribution in [0.5, 0.6) is 0 Å². The van der Waals surface area contributed by atoms with E-state index in [1.807, 2.05) is 6.92 Å². The minimum atomic E-state index is -3.57. The molecular formula is C12H17Br2NO3S. The Labute approximate surface area is 130 Å². The maximum atomic E-state index is 12.3.